The molecule has 20 heavy (non-hydrogen) atoms. The van der Waals surface area contributed by atoms with E-state index in [1.54, 1.807) is 0 Å². The summed E-state index contributed by atoms with van der Waals surface area (Å²) in [4.78, 5) is -0.118. The summed E-state index contributed by atoms with van der Waals surface area (Å²) in [6, 6.07) is 3.48. The van der Waals surface area contributed by atoms with Gasteiger partial charge in [-0.15, -0.1) is 0 Å². The Morgan fingerprint density at radius 3 is 2.80 bits per heavy atom. The molecule has 112 valence electrons. The SMILES string of the molecule is CCC1CCCN(S(=O)(=O)c2cc(F)ccc2N)CC1. The second-order valence-electron chi connectivity index (χ2n) is 5.29. The summed E-state index contributed by atoms with van der Waals surface area (Å²) < 4.78 is 39.9. The summed E-state index contributed by atoms with van der Waals surface area (Å²) in [6.45, 7) is 3.09. The summed E-state index contributed by atoms with van der Waals surface area (Å²) in [7, 11) is -3.70. The van der Waals surface area contributed by atoms with Crippen molar-refractivity contribution in [3.05, 3.63) is 24.0 Å². The molecule has 0 aromatic heterocycles. The lowest BCUT2D eigenvalue weighted by Gasteiger charge is -2.21. The molecule has 0 bridgehead atoms. The minimum atomic E-state index is -3.70. The Kier molecular flexibility index (Phi) is 4.65. The van der Waals surface area contributed by atoms with Gasteiger partial charge in [-0.3, -0.25) is 0 Å². The largest absolute Gasteiger partial charge is 0.398 e. The van der Waals surface area contributed by atoms with Crippen molar-refractivity contribution in [2.24, 2.45) is 5.92 Å². The molecule has 1 aromatic rings. The van der Waals surface area contributed by atoms with Crippen LogP contribution < -0.4 is 5.73 Å². The minimum Gasteiger partial charge on any atom is -0.398 e. The van der Waals surface area contributed by atoms with Gasteiger partial charge >= 0.3 is 0 Å². The lowest BCUT2D eigenvalue weighted by atomic mass is 9.98. The van der Waals surface area contributed by atoms with Crippen molar-refractivity contribution >= 4 is 15.7 Å². The molecular formula is C14H21FN2O2S. The van der Waals surface area contributed by atoms with E-state index in [2.05, 4.69) is 6.92 Å². The molecule has 0 spiro atoms. The second-order valence-corrected chi connectivity index (χ2v) is 7.20. The first-order valence-corrected chi connectivity index (χ1v) is 8.44. The van der Waals surface area contributed by atoms with Crippen LogP contribution in [0.1, 0.15) is 32.6 Å². The third-order valence-corrected chi connectivity index (χ3v) is 5.93. The van der Waals surface area contributed by atoms with Gasteiger partial charge in [0.15, 0.2) is 0 Å². The number of halogens is 1. The lowest BCUT2D eigenvalue weighted by molar-refractivity contribution is 0.407. The lowest BCUT2D eigenvalue weighted by Crippen LogP contribution is -2.32. The number of rotatable bonds is 3. The van der Waals surface area contributed by atoms with Gasteiger partial charge in [0, 0.05) is 13.1 Å². The molecule has 1 saturated heterocycles. The number of sulfonamides is 1. The summed E-state index contributed by atoms with van der Waals surface area (Å²) in [5.74, 6) is -0.0147. The monoisotopic (exact) mass is 300 g/mol. The van der Waals surface area contributed by atoms with E-state index in [9.17, 15) is 12.8 Å². The zero-order chi connectivity index (χ0) is 14.8. The van der Waals surface area contributed by atoms with Crippen LogP contribution >= 0.6 is 0 Å². The van der Waals surface area contributed by atoms with Crippen LogP contribution in [0.3, 0.4) is 0 Å². The van der Waals surface area contributed by atoms with Crippen molar-refractivity contribution in [3.63, 3.8) is 0 Å². The van der Waals surface area contributed by atoms with Gasteiger partial charge in [-0.1, -0.05) is 13.3 Å². The van der Waals surface area contributed by atoms with E-state index in [0.29, 0.717) is 19.0 Å². The van der Waals surface area contributed by atoms with E-state index < -0.39 is 15.8 Å². The van der Waals surface area contributed by atoms with E-state index in [1.165, 1.54) is 16.4 Å². The Balaban J connectivity index is 2.28. The number of nitrogen functional groups attached to an aromatic ring is 1. The Morgan fingerprint density at radius 2 is 2.10 bits per heavy atom. The first kappa shape index (κ1) is 15.3. The molecule has 0 saturated carbocycles. The summed E-state index contributed by atoms with van der Waals surface area (Å²) in [5.41, 5.74) is 5.80. The molecule has 0 radical (unpaired) electrons. The highest BCUT2D eigenvalue weighted by atomic mass is 32.2. The van der Waals surface area contributed by atoms with Gasteiger partial charge < -0.3 is 5.73 Å². The van der Waals surface area contributed by atoms with Crippen molar-refractivity contribution in [3.8, 4) is 0 Å². The maximum Gasteiger partial charge on any atom is 0.245 e. The Bertz CT molecular complexity index is 575. The molecule has 1 unspecified atom stereocenters. The molecule has 1 aliphatic rings. The topological polar surface area (TPSA) is 63.4 Å². The fourth-order valence-electron chi connectivity index (χ4n) is 2.66. The van der Waals surface area contributed by atoms with Gasteiger partial charge in [-0.2, -0.15) is 4.31 Å². The van der Waals surface area contributed by atoms with Crippen LogP contribution in [-0.4, -0.2) is 25.8 Å². The van der Waals surface area contributed by atoms with E-state index in [0.717, 1.165) is 31.7 Å². The molecular weight excluding hydrogens is 279 g/mol. The van der Waals surface area contributed by atoms with Gasteiger partial charge in [0.1, 0.15) is 10.7 Å². The van der Waals surface area contributed by atoms with Gasteiger partial charge in [0.2, 0.25) is 10.0 Å². The Labute approximate surface area is 119 Å². The van der Waals surface area contributed by atoms with Crippen LogP contribution in [0.4, 0.5) is 10.1 Å². The first-order chi connectivity index (χ1) is 9.45. The van der Waals surface area contributed by atoms with Crippen molar-refractivity contribution in [1.29, 1.82) is 0 Å². The number of nitrogens with two attached hydrogens (primary N) is 1. The minimum absolute atomic E-state index is 0.0997. The zero-order valence-electron chi connectivity index (χ0n) is 11.7. The van der Waals surface area contributed by atoms with Crippen molar-refractivity contribution in [2.45, 2.75) is 37.5 Å². The van der Waals surface area contributed by atoms with Gasteiger partial charge in [-0.05, 0) is 43.4 Å². The highest BCUT2D eigenvalue weighted by Crippen LogP contribution is 2.27. The third-order valence-electron chi connectivity index (χ3n) is 3.98. The molecule has 1 heterocycles. The highest BCUT2D eigenvalue weighted by molar-refractivity contribution is 7.89. The van der Waals surface area contributed by atoms with Crippen LogP contribution in [0.15, 0.2) is 23.1 Å². The number of nitrogens with zero attached hydrogens (tertiary/aromatic N) is 1. The number of anilines is 1. The average molecular weight is 300 g/mol. The predicted molar refractivity (Wildman–Crippen MR) is 77.2 cm³/mol. The smallest absolute Gasteiger partial charge is 0.245 e. The number of hydrogen-bond donors (Lipinski definition) is 1. The summed E-state index contributed by atoms with van der Waals surface area (Å²) in [5, 5.41) is 0. The van der Waals surface area contributed by atoms with Crippen molar-refractivity contribution in [2.75, 3.05) is 18.8 Å². The van der Waals surface area contributed by atoms with Crippen LogP contribution in [0.5, 0.6) is 0 Å². The zero-order valence-corrected chi connectivity index (χ0v) is 12.5. The normalized spacial score (nSPS) is 21.6. The number of hydrogen-bond acceptors (Lipinski definition) is 3. The molecule has 0 amide bonds. The van der Waals surface area contributed by atoms with E-state index in [1.807, 2.05) is 0 Å². The first-order valence-electron chi connectivity index (χ1n) is 7.00. The molecule has 4 nitrogen and oxygen atoms in total. The standard InChI is InChI=1S/C14H21FN2O2S/c1-2-11-4-3-8-17(9-7-11)20(18,19)14-10-12(15)5-6-13(14)16/h5-6,10-11H,2-4,7-9,16H2,1H3. The van der Waals surface area contributed by atoms with Crippen LogP contribution in [0.2, 0.25) is 0 Å². The van der Waals surface area contributed by atoms with E-state index in [4.69, 9.17) is 5.73 Å². The molecule has 6 heteroatoms. The average Bonchev–Trinajstić information content (AvgIpc) is 2.67. The van der Waals surface area contributed by atoms with Crippen molar-refractivity contribution < 1.29 is 12.8 Å². The highest BCUT2D eigenvalue weighted by Gasteiger charge is 2.29. The van der Waals surface area contributed by atoms with E-state index >= 15 is 0 Å². The number of benzene rings is 1. The molecule has 1 aromatic carbocycles. The summed E-state index contributed by atoms with van der Waals surface area (Å²) >= 11 is 0. The van der Waals surface area contributed by atoms with Crippen LogP contribution in [0, 0.1) is 11.7 Å². The second kappa shape index (κ2) is 6.10. The van der Waals surface area contributed by atoms with Gasteiger partial charge in [0.05, 0.1) is 5.69 Å². The molecule has 1 atom stereocenters. The van der Waals surface area contributed by atoms with Crippen LogP contribution in [-0.2, 0) is 10.0 Å². The maximum absolute atomic E-state index is 13.3. The van der Waals surface area contributed by atoms with Gasteiger partial charge in [-0.25, -0.2) is 12.8 Å². The molecule has 1 fully saturated rings. The van der Waals surface area contributed by atoms with Crippen LogP contribution in [0.25, 0.3) is 0 Å². The van der Waals surface area contributed by atoms with Crippen molar-refractivity contribution in [1.82, 2.24) is 4.31 Å². The maximum atomic E-state index is 13.3. The third kappa shape index (κ3) is 3.12. The molecule has 2 N–H and O–H groups in total. The fourth-order valence-corrected chi connectivity index (χ4v) is 4.28. The molecule has 1 aliphatic heterocycles. The molecule has 2 rings (SSSR count). The predicted octanol–water partition coefficient (Wildman–Crippen LogP) is 2.61. The quantitative estimate of drug-likeness (QED) is 0.873. The van der Waals surface area contributed by atoms with Gasteiger partial charge in [0.25, 0.3) is 0 Å². The molecule has 0 aliphatic carbocycles. The van der Waals surface area contributed by atoms with E-state index in [-0.39, 0.29) is 10.6 Å². The Hall–Kier alpha value is -1.14. The summed E-state index contributed by atoms with van der Waals surface area (Å²) in [6.07, 6.45) is 3.80. The Morgan fingerprint density at radius 1 is 1.35 bits per heavy atom. The fraction of sp³-hybridized carbons (Fsp3) is 0.571.